The summed E-state index contributed by atoms with van der Waals surface area (Å²) in [4.78, 5) is 33.2. The van der Waals surface area contributed by atoms with Crippen molar-refractivity contribution in [3.8, 4) is 0 Å². The molecule has 1 aromatic carbocycles. The average molecular weight is 436 g/mol. The van der Waals surface area contributed by atoms with Crippen LogP contribution in [0.25, 0.3) is 10.2 Å². The molecule has 4 rings (SSSR count). The van der Waals surface area contributed by atoms with Crippen molar-refractivity contribution in [2.24, 2.45) is 5.92 Å². The summed E-state index contributed by atoms with van der Waals surface area (Å²) in [7, 11) is 1.42. The van der Waals surface area contributed by atoms with E-state index < -0.39 is 0 Å². The third-order valence-electron chi connectivity index (χ3n) is 6.04. The van der Waals surface area contributed by atoms with E-state index in [9.17, 15) is 9.59 Å². The van der Waals surface area contributed by atoms with Crippen molar-refractivity contribution in [2.75, 3.05) is 39.8 Å². The fraction of sp³-hybridized carbons (Fsp3) is 0.571. The molecule has 2 aliphatic heterocycles. The summed E-state index contributed by atoms with van der Waals surface area (Å²) in [5.41, 5.74) is 0.977. The number of esters is 1. The van der Waals surface area contributed by atoms with Crippen LogP contribution in [0.5, 0.6) is 0 Å². The number of aromatic nitrogens is 1. The maximum absolute atomic E-state index is 12.7. The van der Waals surface area contributed by atoms with Crippen LogP contribution in [0.2, 0.25) is 5.02 Å². The van der Waals surface area contributed by atoms with Gasteiger partial charge in [-0.3, -0.25) is 14.5 Å². The molecule has 156 valence electrons. The van der Waals surface area contributed by atoms with E-state index in [1.54, 1.807) is 11.3 Å². The molecule has 2 aromatic rings. The first-order valence-electron chi connectivity index (χ1n) is 10.2. The van der Waals surface area contributed by atoms with Crippen molar-refractivity contribution < 1.29 is 14.3 Å². The molecule has 1 amide bonds. The molecule has 8 heteroatoms. The van der Waals surface area contributed by atoms with E-state index in [-0.39, 0.29) is 17.8 Å². The zero-order valence-electron chi connectivity index (χ0n) is 16.6. The predicted molar refractivity (Wildman–Crippen MR) is 114 cm³/mol. The van der Waals surface area contributed by atoms with Gasteiger partial charge in [0.1, 0.15) is 0 Å². The van der Waals surface area contributed by atoms with Crippen LogP contribution in [0.1, 0.15) is 36.6 Å². The number of rotatable bonds is 4. The number of methoxy groups -OCH3 is 1. The van der Waals surface area contributed by atoms with E-state index >= 15 is 0 Å². The Labute approximate surface area is 179 Å². The van der Waals surface area contributed by atoms with Gasteiger partial charge in [0.25, 0.3) is 0 Å². The number of hydrogen-bond donors (Lipinski definition) is 0. The van der Waals surface area contributed by atoms with E-state index in [2.05, 4.69) is 4.90 Å². The van der Waals surface area contributed by atoms with Crippen LogP contribution in [0.3, 0.4) is 0 Å². The Balaban J connectivity index is 1.26. The monoisotopic (exact) mass is 435 g/mol. The molecule has 0 aliphatic carbocycles. The summed E-state index contributed by atoms with van der Waals surface area (Å²) in [5, 5.41) is 1.90. The van der Waals surface area contributed by atoms with Crippen molar-refractivity contribution in [3.63, 3.8) is 0 Å². The van der Waals surface area contributed by atoms with Gasteiger partial charge in [-0.25, -0.2) is 4.98 Å². The van der Waals surface area contributed by atoms with Gasteiger partial charge in [0.2, 0.25) is 5.91 Å². The maximum atomic E-state index is 12.7. The van der Waals surface area contributed by atoms with Crippen molar-refractivity contribution >= 4 is 45.0 Å². The van der Waals surface area contributed by atoms with Crippen LogP contribution in [0.15, 0.2) is 18.2 Å². The Morgan fingerprint density at radius 3 is 2.59 bits per heavy atom. The zero-order valence-corrected chi connectivity index (χ0v) is 18.2. The Morgan fingerprint density at radius 1 is 1.17 bits per heavy atom. The van der Waals surface area contributed by atoms with Crippen molar-refractivity contribution in [1.82, 2.24) is 14.8 Å². The van der Waals surface area contributed by atoms with Crippen LogP contribution in [-0.4, -0.2) is 66.5 Å². The maximum Gasteiger partial charge on any atom is 0.308 e. The molecule has 0 unspecified atom stereocenters. The first-order chi connectivity index (χ1) is 14.0. The number of amides is 1. The minimum absolute atomic E-state index is 0.0662. The first kappa shape index (κ1) is 20.6. The minimum Gasteiger partial charge on any atom is -0.469 e. The molecule has 1 aromatic heterocycles. The fourth-order valence-corrected chi connectivity index (χ4v) is 5.54. The number of carbonyl (C=O) groups is 2. The van der Waals surface area contributed by atoms with E-state index in [0.29, 0.717) is 38.4 Å². The Bertz CT molecular complexity index is 886. The van der Waals surface area contributed by atoms with Crippen LogP contribution in [0.4, 0.5) is 0 Å². The highest BCUT2D eigenvalue weighted by Crippen LogP contribution is 2.34. The van der Waals surface area contributed by atoms with E-state index in [1.807, 2.05) is 23.1 Å². The lowest BCUT2D eigenvalue weighted by atomic mass is 9.96. The number of halogens is 1. The van der Waals surface area contributed by atoms with Crippen LogP contribution >= 0.6 is 22.9 Å². The van der Waals surface area contributed by atoms with Gasteiger partial charge in [-0.1, -0.05) is 11.6 Å². The van der Waals surface area contributed by atoms with Crippen LogP contribution in [-0.2, 0) is 14.3 Å². The van der Waals surface area contributed by atoms with Crippen molar-refractivity contribution in [3.05, 3.63) is 28.2 Å². The second-order valence-electron chi connectivity index (χ2n) is 7.89. The third kappa shape index (κ3) is 4.73. The molecule has 0 radical (unpaired) electrons. The second-order valence-corrected chi connectivity index (χ2v) is 9.39. The number of piperidine rings is 2. The lowest BCUT2D eigenvalue weighted by Crippen LogP contribution is -2.46. The number of fused-ring (bicyclic) bond motifs is 1. The van der Waals surface area contributed by atoms with E-state index in [4.69, 9.17) is 21.3 Å². The quantitative estimate of drug-likeness (QED) is 0.687. The standard InChI is InChI=1S/C21H26ClN3O3S/c1-28-21(27)15-6-10-25(11-7-15)19(26)13-24-8-4-14(5-9-24)20-23-17-12-16(22)2-3-18(17)29-20/h2-3,12,14-15H,4-11,13H2,1H3. The number of likely N-dealkylation sites (tertiary alicyclic amines) is 2. The smallest absolute Gasteiger partial charge is 0.308 e. The highest BCUT2D eigenvalue weighted by molar-refractivity contribution is 7.18. The second kappa shape index (κ2) is 8.98. The largest absolute Gasteiger partial charge is 0.469 e. The molecule has 2 fully saturated rings. The molecule has 0 N–H and O–H groups in total. The van der Waals surface area contributed by atoms with Gasteiger partial charge in [0.15, 0.2) is 0 Å². The van der Waals surface area contributed by atoms with Gasteiger partial charge in [0, 0.05) is 24.0 Å². The summed E-state index contributed by atoms with van der Waals surface area (Å²) in [6.07, 6.45) is 3.43. The molecule has 2 saturated heterocycles. The van der Waals surface area contributed by atoms with Gasteiger partial charge in [-0.05, 0) is 57.0 Å². The normalized spacial score (nSPS) is 19.6. The zero-order chi connectivity index (χ0) is 20.4. The summed E-state index contributed by atoms with van der Waals surface area (Å²) < 4.78 is 6.00. The SMILES string of the molecule is COC(=O)C1CCN(C(=O)CN2CCC(c3nc4cc(Cl)ccc4s3)CC2)CC1. The van der Waals surface area contributed by atoms with Crippen molar-refractivity contribution in [2.45, 2.75) is 31.6 Å². The topological polar surface area (TPSA) is 62.7 Å². The minimum atomic E-state index is -0.156. The highest BCUT2D eigenvalue weighted by Gasteiger charge is 2.30. The molecule has 2 aliphatic rings. The van der Waals surface area contributed by atoms with Gasteiger partial charge >= 0.3 is 5.97 Å². The first-order valence-corrected chi connectivity index (χ1v) is 11.4. The molecule has 0 bridgehead atoms. The number of carbonyl (C=O) groups excluding carboxylic acids is 2. The average Bonchev–Trinajstić information content (AvgIpc) is 3.17. The van der Waals surface area contributed by atoms with Crippen LogP contribution in [0, 0.1) is 5.92 Å². The van der Waals surface area contributed by atoms with Gasteiger partial charge in [-0.2, -0.15) is 0 Å². The molecule has 0 atom stereocenters. The molecule has 29 heavy (non-hydrogen) atoms. The molecule has 0 saturated carbocycles. The highest BCUT2D eigenvalue weighted by atomic mass is 35.5. The Hall–Kier alpha value is -1.70. The third-order valence-corrected chi connectivity index (χ3v) is 7.48. The van der Waals surface area contributed by atoms with Gasteiger partial charge < -0.3 is 9.64 Å². The van der Waals surface area contributed by atoms with E-state index in [1.165, 1.54) is 16.8 Å². The predicted octanol–water partition coefficient (Wildman–Crippen LogP) is 3.54. The van der Waals surface area contributed by atoms with Gasteiger partial charge in [0.05, 0.1) is 34.8 Å². The number of thiazole rings is 1. The fourth-order valence-electron chi connectivity index (χ4n) is 4.25. The molecule has 6 nitrogen and oxygen atoms in total. The number of hydrogen-bond acceptors (Lipinski definition) is 6. The number of nitrogens with zero attached hydrogens (tertiary/aromatic N) is 3. The molecular formula is C21H26ClN3O3S. The van der Waals surface area contributed by atoms with Crippen LogP contribution < -0.4 is 0 Å². The molecular weight excluding hydrogens is 410 g/mol. The molecule has 3 heterocycles. The number of ether oxygens (including phenoxy) is 1. The lowest BCUT2D eigenvalue weighted by Gasteiger charge is -2.35. The summed E-state index contributed by atoms with van der Waals surface area (Å²) >= 11 is 7.83. The molecule has 0 spiro atoms. The lowest BCUT2D eigenvalue weighted by molar-refractivity contribution is -0.149. The van der Waals surface area contributed by atoms with E-state index in [0.717, 1.165) is 36.5 Å². The Kier molecular flexibility index (Phi) is 6.37. The summed E-state index contributed by atoms with van der Waals surface area (Å²) in [6, 6.07) is 5.87. The van der Waals surface area contributed by atoms with Crippen molar-refractivity contribution in [1.29, 1.82) is 0 Å². The summed E-state index contributed by atoms with van der Waals surface area (Å²) in [6.45, 7) is 3.56. The summed E-state index contributed by atoms with van der Waals surface area (Å²) in [5.74, 6) is 0.398. The van der Waals surface area contributed by atoms with Gasteiger partial charge in [-0.15, -0.1) is 11.3 Å². The Morgan fingerprint density at radius 2 is 1.90 bits per heavy atom. The number of benzene rings is 1.